The van der Waals surface area contributed by atoms with Gasteiger partial charge in [0.15, 0.2) is 5.11 Å². The van der Waals surface area contributed by atoms with E-state index in [1.165, 1.54) is 12.1 Å². The van der Waals surface area contributed by atoms with E-state index in [1.807, 2.05) is 32.3 Å². The molecule has 0 radical (unpaired) electrons. The van der Waals surface area contributed by atoms with Crippen LogP contribution in [0.15, 0.2) is 48.5 Å². The molecule has 1 atom stereocenters. The Morgan fingerprint density at radius 3 is 2.54 bits per heavy atom. The van der Waals surface area contributed by atoms with Gasteiger partial charge in [-0.1, -0.05) is 12.1 Å². The first-order valence-corrected chi connectivity index (χ1v) is 8.01. The normalized spacial score (nSPS) is 11.9. The minimum absolute atomic E-state index is 0.132. The zero-order chi connectivity index (χ0) is 17.5. The van der Waals surface area contributed by atoms with Crippen molar-refractivity contribution in [2.75, 3.05) is 33.1 Å². The Labute approximate surface area is 147 Å². The van der Waals surface area contributed by atoms with Crippen molar-refractivity contribution in [3.8, 4) is 5.75 Å². The number of nitrogens with one attached hydrogen (secondary N) is 2. The van der Waals surface area contributed by atoms with Gasteiger partial charge in [0.25, 0.3) is 0 Å². The Morgan fingerprint density at radius 2 is 1.92 bits per heavy atom. The monoisotopic (exact) mass is 347 g/mol. The molecule has 0 unspecified atom stereocenters. The van der Waals surface area contributed by atoms with E-state index in [1.54, 1.807) is 19.2 Å². The van der Waals surface area contributed by atoms with Crippen LogP contribution < -0.4 is 15.4 Å². The molecule has 2 aromatic carbocycles. The average molecular weight is 347 g/mol. The Kier molecular flexibility index (Phi) is 6.52. The summed E-state index contributed by atoms with van der Waals surface area (Å²) in [6, 6.07) is 14.2. The predicted molar refractivity (Wildman–Crippen MR) is 100 cm³/mol. The summed E-state index contributed by atoms with van der Waals surface area (Å²) in [5, 5.41) is 6.75. The van der Waals surface area contributed by atoms with E-state index in [9.17, 15) is 4.39 Å². The van der Waals surface area contributed by atoms with Crippen molar-refractivity contribution in [2.45, 2.75) is 6.04 Å². The van der Waals surface area contributed by atoms with E-state index in [0.29, 0.717) is 11.7 Å². The smallest absolute Gasteiger partial charge is 0.170 e. The number of ether oxygens (including phenoxy) is 1. The first kappa shape index (κ1) is 18.2. The first-order valence-electron chi connectivity index (χ1n) is 7.60. The van der Waals surface area contributed by atoms with Crippen LogP contribution in [-0.2, 0) is 0 Å². The van der Waals surface area contributed by atoms with Gasteiger partial charge >= 0.3 is 0 Å². The average Bonchev–Trinajstić information content (AvgIpc) is 2.57. The third-order valence-electron chi connectivity index (χ3n) is 3.66. The Morgan fingerprint density at radius 1 is 1.21 bits per heavy atom. The number of methoxy groups -OCH3 is 1. The van der Waals surface area contributed by atoms with Gasteiger partial charge in [0.1, 0.15) is 11.6 Å². The maximum absolute atomic E-state index is 12.9. The van der Waals surface area contributed by atoms with Crippen LogP contribution in [0.4, 0.5) is 10.1 Å². The topological polar surface area (TPSA) is 36.5 Å². The lowest BCUT2D eigenvalue weighted by Crippen LogP contribution is -2.36. The molecular formula is C18H22FN3OS. The van der Waals surface area contributed by atoms with Gasteiger partial charge in [-0.2, -0.15) is 0 Å². The Bertz CT molecular complexity index is 676. The van der Waals surface area contributed by atoms with Crippen molar-refractivity contribution in [3.05, 3.63) is 59.9 Å². The summed E-state index contributed by atoms with van der Waals surface area (Å²) in [7, 11) is 5.69. The largest absolute Gasteiger partial charge is 0.497 e. The number of hydrogen-bond acceptors (Lipinski definition) is 3. The van der Waals surface area contributed by atoms with Crippen LogP contribution in [0.1, 0.15) is 11.6 Å². The Balaban J connectivity index is 1.98. The van der Waals surface area contributed by atoms with Gasteiger partial charge in [-0.05, 0) is 68.3 Å². The molecule has 0 aliphatic carbocycles. The van der Waals surface area contributed by atoms with Crippen LogP contribution in [0.5, 0.6) is 5.75 Å². The van der Waals surface area contributed by atoms with Gasteiger partial charge in [0, 0.05) is 12.2 Å². The molecule has 0 amide bonds. The van der Waals surface area contributed by atoms with E-state index in [4.69, 9.17) is 17.0 Å². The highest BCUT2D eigenvalue weighted by Gasteiger charge is 2.15. The molecule has 0 aliphatic rings. The van der Waals surface area contributed by atoms with E-state index in [2.05, 4.69) is 21.6 Å². The Hall–Kier alpha value is -2.18. The van der Waals surface area contributed by atoms with Gasteiger partial charge in [0.2, 0.25) is 0 Å². The molecule has 0 saturated carbocycles. The third-order valence-corrected chi connectivity index (χ3v) is 3.91. The number of thiocarbonyl (C=S) groups is 1. The van der Waals surface area contributed by atoms with Gasteiger partial charge in [-0.3, -0.25) is 0 Å². The highest BCUT2D eigenvalue weighted by Crippen LogP contribution is 2.22. The maximum atomic E-state index is 12.9. The number of nitrogens with zero attached hydrogens (tertiary/aromatic N) is 1. The SMILES string of the molecule is COc1cccc([C@@H](CNC(=S)Nc2ccc(F)cc2)N(C)C)c1. The lowest BCUT2D eigenvalue weighted by Gasteiger charge is -2.26. The second-order valence-corrected chi connectivity index (χ2v) is 6.01. The standard InChI is InChI=1S/C18H22FN3OS/c1-22(2)17(13-5-4-6-16(11-13)23-3)12-20-18(24)21-15-9-7-14(19)8-10-15/h4-11,17H,12H2,1-3H3,(H2,20,21,24)/t17-/m1/s1. The highest BCUT2D eigenvalue weighted by atomic mass is 32.1. The molecular weight excluding hydrogens is 325 g/mol. The van der Waals surface area contributed by atoms with Crippen molar-refractivity contribution < 1.29 is 9.13 Å². The zero-order valence-electron chi connectivity index (χ0n) is 14.0. The molecule has 0 fully saturated rings. The summed E-state index contributed by atoms with van der Waals surface area (Å²) < 4.78 is 18.2. The van der Waals surface area contributed by atoms with Gasteiger partial charge in [-0.15, -0.1) is 0 Å². The van der Waals surface area contributed by atoms with Crippen LogP contribution in [0.25, 0.3) is 0 Å². The van der Waals surface area contributed by atoms with Crippen molar-refractivity contribution in [2.24, 2.45) is 0 Å². The number of halogens is 1. The quantitative estimate of drug-likeness (QED) is 0.783. The van der Waals surface area contributed by atoms with Crippen LogP contribution in [0.2, 0.25) is 0 Å². The van der Waals surface area contributed by atoms with E-state index in [0.717, 1.165) is 17.0 Å². The van der Waals surface area contributed by atoms with Gasteiger partial charge in [0.05, 0.1) is 13.2 Å². The molecule has 0 spiro atoms. The van der Waals surface area contributed by atoms with Crippen LogP contribution in [0.3, 0.4) is 0 Å². The van der Waals surface area contributed by atoms with Gasteiger partial charge < -0.3 is 20.3 Å². The second kappa shape index (κ2) is 8.61. The van der Waals surface area contributed by atoms with Crippen LogP contribution in [-0.4, -0.2) is 37.8 Å². The third kappa shape index (κ3) is 5.18. The summed E-state index contributed by atoms with van der Waals surface area (Å²) in [5.41, 5.74) is 1.88. The fourth-order valence-corrected chi connectivity index (χ4v) is 2.55. The fourth-order valence-electron chi connectivity index (χ4n) is 2.35. The van der Waals surface area contributed by atoms with Gasteiger partial charge in [-0.25, -0.2) is 4.39 Å². The number of benzene rings is 2. The molecule has 4 nitrogen and oxygen atoms in total. The van der Waals surface area contributed by atoms with Crippen molar-refractivity contribution in [3.63, 3.8) is 0 Å². The lowest BCUT2D eigenvalue weighted by molar-refractivity contribution is 0.298. The summed E-state index contributed by atoms with van der Waals surface area (Å²) in [5.74, 6) is 0.552. The second-order valence-electron chi connectivity index (χ2n) is 5.60. The minimum Gasteiger partial charge on any atom is -0.497 e. The first-order chi connectivity index (χ1) is 11.5. The van der Waals surface area contributed by atoms with E-state index < -0.39 is 0 Å². The van der Waals surface area contributed by atoms with Crippen molar-refractivity contribution >= 4 is 23.0 Å². The summed E-state index contributed by atoms with van der Waals surface area (Å²) in [6.45, 7) is 0.632. The molecule has 2 aromatic rings. The zero-order valence-corrected chi connectivity index (χ0v) is 14.9. The van der Waals surface area contributed by atoms with E-state index >= 15 is 0 Å². The molecule has 24 heavy (non-hydrogen) atoms. The number of anilines is 1. The molecule has 0 aliphatic heterocycles. The molecule has 6 heteroatoms. The van der Waals surface area contributed by atoms with Crippen molar-refractivity contribution in [1.82, 2.24) is 10.2 Å². The lowest BCUT2D eigenvalue weighted by atomic mass is 10.1. The molecule has 2 N–H and O–H groups in total. The number of rotatable bonds is 6. The molecule has 128 valence electrons. The molecule has 0 heterocycles. The molecule has 2 rings (SSSR count). The molecule has 0 bridgehead atoms. The number of likely N-dealkylation sites (N-methyl/N-ethyl adjacent to an activating group) is 1. The number of hydrogen-bond donors (Lipinski definition) is 2. The van der Waals surface area contributed by atoms with Crippen LogP contribution >= 0.6 is 12.2 Å². The summed E-state index contributed by atoms with van der Waals surface area (Å²) >= 11 is 5.31. The van der Waals surface area contributed by atoms with Crippen molar-refractivity contribution in [1.29, 1.82) is 0 Å². The minimum atomic E-state index is -0.273. The summed E-state index contributed by atoms with van der Waals surface area (Å²) in [6.07, 6.45) is 0. The highest BCUT2D eigenvalue weighted by molar-refractivity contribution is 7.80. The molecule has 0 aromatic heterocycles. The fraction of sp³-hybridized carbons (Fsp3) is 0.278. The van der Waals surface area contributed by atoms with E-state index in [-0.39, 0.29) is 11.9 Å². The summed E-state index contributed by atoms with van der Waals surface area (Å²) in [4.78, 5) is 2.11. The maximum Gasteiger partial charge on any atom is 0.170 e. The molecule has 0 saturated heterocycles. The van der Waals surface area contributed by atoms with Crippen LogP contribution in [0, 0.1) is 5.82 Å². The predicted octanol–water partition coefficient (Wildman–Crippen LogP) is 3.42.